The van der Waals surface area contributed by atoms with E-state index >= 15 is 0 Å². The summed E-state index contributed by atoms with van der Waals surface area (Å²) in [6.07, 6.45) is 5.26. The number of aromatic hydroxyl groups is 2. The average molecular weight is 361 g/mol. The predicted molar refractivity (Wildman–Crippen MR) is 112 cm³/mol. The summed E-state index contributed by atoms with van der Waals surface area (Å²) in [6.45, 7) is 5.09. The van der Waals surface area contributed by atoms with Crippen LogP contribution in [0.2, 0.25) is 0 Å². The quantitative estimate of drug-likeness (QED) is 0.719. The Morgan fingerprint density at radius 2 is 1.44 bits per heavy atom. The molecule has 0 spiro atoms. The first-order valence-corrected chi connectivity index (χ1v) is 9.29. The number of phenolic OH excluding ortho intramolecular Hbond substituents is 2. The van der Waals surface area contributed by atoms with Gasteiger partial charge in [-0.25, -0.2) is 0 Å². The SMILES string of the molecule is C=C1C/C1=C\C(CCCN(C)C)=C(c1ccc(O)cc1)c1ccc(O)cc1. The molecular weight excluding hydrogens is 334 g/mol. The number of allylic oxidation sites excluding steroid dienone is 4. The van der Waals surface area contributed by atoms with E-state index < -0.39 is 0 Å². The summed E-state index contributed by atoms with van der Waals surface area (Å²) < 4.78 is 0. The minimum Gasteiger partial charge on any atom is -0.508 e. The Kier molecular flexibility index (Phi) is 5.82. The molecule has 0 aliphatic heterocycles. The Balaban J connectivity index is 2.10. The fourth-order valence-electron chi connectivity index (χ4n) is 3.20. The van der Waals surface area contributed by atoms with Gasteiger partial charge in [0.1, 0.15) is 11.5 Å². The van der Waals surface area contributed by atoms with Crippen LogP contribution < -0.4 is 0 Å². The summed E-state index contributed by atoms with van der Waals surface area (Å²) in [5, 5.41) is 19.4. The maximum atomic E-state index is 9.70. The van der Waals surface area contributed by atoms with Crippen LogP contribution in [0.3, 0.4) is 0 Å². The van der Waals surface area contributed by atoms with Gasteiger partial charge in [-0.1, -0.05) is 36.9 Å². The molecule has 1 saturated carbocycles. The van der Waals surface area contributed by atoms with Gasteiger partial charge in [0.2, 0.25) is 0 Å². The molecule has 3 rings (SSSR count). The van der Waals surface area contributed by atoms with Crippen LogP contribution in [0.15, 0.2) is 77.9 Å². The Bertz CT molecular complexity index is 824. The van der Waals surface area contributed by atoms with Gasteiger partial charge in [0, 0.05) is 0 Å². The molecule has 0 unspecified atom stereocenters. The van der Waals surface area contributed by atoms with E-state index in [0.29, 0.717) is 0 Å². The van der Waals surface area contributed by atoms with E-state index in [1.54, 1.807) is 24.3 Å². The van der Waals surface area contributed by atoms with E-state index in [1.807, 2.05) is 24.3 Å². The van der Waals surface area contributed by atoms with Crippen molar-refractivity contribution < 1.29 is 10.2 Å². The van der Waals surface area contributed by atoms with Crippen molar-refractivity contribution in [1.82, 2.24) is 4.90 Å². The summed E-state index contributed by atoms with van der Waals surface area (Å²) in [5.74, 6) is 0.513. The molecule has 0 aromatic heterocycles. The molecule has 0 heterocycles. The van der Waals surface area contributed by atoms with E-state index in [-0.39, 0.29) is 11.5 Å². The maximum Gasteiger partial charge on any atom is 0.115 e. The van der Waals surface area contributed by atoms with Crippen LogP contribution in [-0.2, 0) is 0 Å². The van der Waals surface area contributed by atoms with Crippen molar-refractivity contribution in [1.29, 1.82) is 0 Å². The molecule has 140 valence electrons. The van der Waals surface area contributed by atoms with Crippen LogP contribution >= 0.6 is 0 Å². The lowest BCUT2D eigenvalue weighted by Crippen LogP contribution is -2.13. The Hall–Kier alpha value is -2.78. The topological polar surface area (TPSA) is 43.7 Å². The molecule has 2 N–H and O–H groups in total. The Morgan fingerprint density at radius 1 is 0.963 bits per heavy atom. The smallest absolute Gasteiger partial charge is 0.115 e. The van der Waals surface area contributed by atoms with Crippen LogP contribution in [0.25, 0.3) is 5.57 Å². The van der Waals surface area contributed by atoms with Gasteiger partial charge >= 0.3 is 0 Å². The van der Waals surface area contributed by atoms with Crippen LogP contribution in [-0.4, -0.2) is 35.8 Å². The largest absolute Gasteiger partial charge is 0.508 e. The first-order valence-electron chi connectivity index (χ1n) is 9.29. The monoisotopic (exact) mass is 361 g/mol. The second-order valence-corrected chi connectivity index (χ2v) is 7.35. The van der Waals surface area contributed by atoms with Gasteiger partial charge in [0.05, 0.1) is 0 Å². The Morgan fingerprint density at radius 3 is 1.85 bits per heavy atom. The molecule has 0 amide bonds. The number of rotatable bonds is 7. The molecule has 2 aromatic rings. The van der Waals surface area contributed by atoms with E-state index in [0.717, 1.165) is 42.5 Å². The lowest BCUT2D eigenvalue weighted by molar-refractivity contribution is 0.401. The molecule has 27 heavy (non-hydrogen) atoms. The maximum absolute atomic E-state index is 9.70. The zero-order chi connectivity index (χ0) is 19.4. The molecule has 3 nitrogen and oxygen atoms in total. The summed E-state index contributed by atoms with van der Waals surface area (Å²) in [4.78, 5) is 2.20. The van der Waals surface area contributed by atoms with E-state index in [9.17, 15) is 10.2 Å². The van der Waals surface area contributed by atoms with Gasteiger partial charge in [-0.05, 0) is 97.6 Å². The second-order valence-electron chi connectivity index (χ2n) is 7.35. The molecule has 0 saturated heterocycles. The fourth-order valence-corrected chi connectivity index (χ4v) is 3.20. The summed E-state index contributed by atoms with van der Waals surface area (Å²) in [5.41, 5.74) is 7.03. The first kappa shape index (κ1) is 19.0. The summed E-state index contributed by atoms with van der Waals surface area (Å²) in [7, 11) is 4.18. The first-order chi connectivity index (χ1) is 12.9. The number of hydrogen-bond acceptors (Lipinski definition) is 3. The highest BCUT2D eigenvalue weighted by atomic mass is 16.3. The molecule has 0 radical (unpaired) electrons. The minimum atomic E-state index is 0.256. The van der Waals surface area contributed by atoms with Gasteiger partial charge in [-0.15, -0.1) is 0 Å². The van der Waals surface area contributed by atoms with Crippen LogP contribution in [0.1, 0.15) is 30.4 Å². The number of benzene rings is 2. The van der Waals surface area contributed by atoms with Crippen LogP contribution in [0, 0.1) is 0 Å². The molecular formula is C24H27NO2. The zero-order valence-electron chi connectivity index (χ0n) is 16.1. The predicted octanol–water partition coefficient (Wildman–Crippen LogP) is 5.13. The highest BCUT2D eigenvalue weighted by Crippen LogP contribution is 2.39. The molecule has 0 atom stereocenters. The minimum absolute atomic E-state index is 0.256. The number of phenols is 2. The van der Waals surface area contributed by atoms with Gasteiger partial charge in [0.25, 0.3) is 0 Å². The molecule has 1 aliphatic carbocycles. The van der Waals surface area contributed by atoms with Gasteiger partial charge in [-0.2, -0.15) is 0 Å². The lowest BCUT2D eigenvalue weighted by Gasteiger charge is -2.16. The van der Waals surface area contributed by atoms with Gasteiger partial charge in [0.15, 0.2) is 0 Å². The van der Waals surface area contributed by atoms with Crippen molar-refractivity contribution >= 4 is 5.57 Å². The second kappa shape index (κ2) is 8.28. The third kappa shape index (κ3) is 5.11. The Labute approximate surface area is 161 Å². The highest BCUT2D eigenvalue weighted by molar-refractivity contribution is 5.84. The molecule has 3 heteroatoms. The third-order valence-electron chi connectivity index (χ3n) is 4.77. The number of hydrogen-bond donors (Lipinski definition) is 2. The summed E-state index contributed by atoms with van der Waals surface area (Å²) >= 11 is 0. The van der Waals surface area contributed by atoms with E-state index in [1.165, 1.54) is 16.7 Å². The van der Waals surface area contributed by atoms with E-state index in [2.05, 4.69) is 31.7 Å². The normalized spacial score (nSPS) is 14.6. The number of nitrogens with zero attached hydrogens (tertiary/aromatic N) is 1. The molecule has 1 fully saturated rings. The average Bonchev–Trinajstić information content (AvgIpc) is 3.32. The summed E-state index contributed by atoms with van der Waals surface area (Å²) in [6, 6.07) is 14.7. The van der Waals surface area contributed by atoms with E-state index in [4.69, 9.17) is 0 Å². The molecule has 0 bridgehead atoms. The molecule has 2 aromatic carbocycles. The molecule has 1 aliphatic rings. The fraction of sp³-hybridized carbons (Fsp3) is 0.250. The van der Waals surface area contributed by atoms with Crippen LogP contribution in [0.4, 0.5) is 0 Å². The van der Waals surface area contributed by atoms with Gasteiger partial charge in [-0.3, -0.25) is 0 Å². The van der Waals surface area contributed by atoms with Crippen molar-refractivity contribution in [3.8, 4) is 11.5 Å². The van der Waals surface area contributed by atoms with Crippen molar-refractivity contribution in [3.63, 3.8) is 0 Å². The lowest BCUT2D eigenvalue weighted by atomic mass is 9.90. The highest BCUT2D eigenvalue weighted by Gasteiger charge is 2.20. The van der Waals surface area contributed by atoms with Crippen molar-refractivity contribution in [3.05, 3.63) is 89.0 Å². The van der Waals surface area contributed by atoms with Gasteiger partial charge < -0.3 is 15.1 Å². The zero-order valence-corrected chi connectivity index (χ0v) is 16.1. The third-order valence-corrected chi connectivity index (χ3v) is 4.77. The van der Waals surface area contributed by atoms with Crippen LogP contribution in [0.5, 0.6) is 11.5 Å². The van der Waals surface area contributed by atoms with Crippen molar-refractivity contribution in [2.75, 3.05) is 20.6 Å². The van der Waals surface area contributed by atoms with Crippen molar-refractivity contribution in [2.45, 2.75) is 19.3 Å². The standard InChI is InChI=1S/C24H27NO2/c1-17-15-21(17)16-20(5-4-14-25(2)3)24(18-6-10-22(26)11-7-18)19-8-12-23(27)13-9-19/h6-13,16,26-27H,1,4-5,14-15H2,2-3H3/b21-16+. The van der Waals surface area contributed by atoms with Crippen molar-refractivity contribution in [2.24, 2.45) is 0 Å².